The van der Waals surface area contributed by atoms with Gasteiger partial charge in [0.15, 0.2) is 11.5 Å². The highest BCUT2D eigenvalue weighted by atomic mass is 16.5. The van der Waals surface area contributed by atoms with Gasteiger partial charge in [0.2, 0.25) is 0 Å². The summed E-state index contributed by atoms with van der Waals surface area (Å²) in [6.07, 6.45) is 3.78. The minimum Gasteiger partial charge on any atom is -0.493 e. The Balaban J connectivity index is 1.89. The maximum absolute atomic E-state index is 12.1. The summed E-state index contributed by atoms with van der Waals surface area (Å²) in [7, 11) is 1.60. The van der Waals surface area contributed by atoms with Crippen molar-refractivity contribution in [3.8, 4) is 11.5 Å². The lowest BCUT2D eigenvalue weighted by Gasteiger charge is -2.14. The number of carbonyl (C=O) groups excluding carboxylic acids is 1. The van der Waals surface area contributed by atoms with E-state index in [0.717, 1.165) is 18.5 Å². The first-order chi connectivity index (χ1) is 12.6. The average molecular weight is 357 g/mol. The third-order valence-corrected chi connectivity index (χ3v) is 3.76. The number of nitrogens with one attached hydrogen (secondary N) is 2. The van der Waals surface area contributed by atoms with Crippen LogP contribution in [0.5, 0.6) is 11.5 Å². The highest BCUT2D eigenvalue weighted by Gasteiger charge is 2.09. The van der Waals surface area contributed by atoms with Gasteiger partial charge < -0.3 is 20.1 Å². The monoisotopic (exact) mass is 357 g/mol. The Kier molecular flexibility index (Phi) is 7.74. The van der Waals surface area contributed by atoms with Gasteiger partial charge >= 0.3 is 6.03 Å². The molecule has 2 amide bonds. The van der Waals surface area contributed by atoms with Crippen LogP contribution >= 0.6 is 0 Å². The number of urea groups is 1. The van der Waals surface area contributed by atoms with Crippen molar-refractivity contribution < 1.29 is 14.3 Å². The van der Waals surface area contributed by atoms with E-state index >= 15 is 0 Å². The van der Waals surface area contributed by atoms with Crippen molar-refractivity contribution in [1.29, 1.82) is 0 Å². The molecule has 6 nitrogen and oxygen atoms in total. The standard InChI is InChI=1S/C20H27N3O3/c1-15(2)7-6-12-26-19-13-16(9-10-18(19)25-3)23-20(24)22-14-17-8-4-5-11-21-17/h4-5,8-11,13,15H,6-7,12,14H2,1-3H3,(H2,22,23,24). The van der Waals surface area contributed by atoms with Gasteiger partial charge in [-0.25, -0.2) is 4.79 Å². The average Bonchev–Trinajstić information content (AvgIpc) is 2.64. The van der Waals surface area contributed by atoms with Crippen LogP contribution in [-0.4, -0.2) is 24.7 Å². The lowest BCUT2D eigenvalue weighted by Crippen LogP contribution is -2.28. The van der Waals surface area contributed by atoms with Crippen molar-refractivity contribution in [2.75, 3.05) is 19.0 Å². The molecule has 0 aliphatic carbocycles. The molecule has 2 aromatic rings. The second-order valence-electron chi connectivity index (χ2n) is 6.38. The molecule has 0 bridgehead atoms. The van der Waals surface area contributed by atoms with E-state index in [9.17, 15) is 4.79 Å². The third kappa shape index (κ3) is 6.63. The molecule has 0 radical (unpaired) electrons. The Bertz CT molecular complexity index is 690. The van der Waals surface area contributed by atoms with E-state index < -0.39 is 0 Å². The number of nitrogens with zero attached hydrogens (tertiary/aromatic N) is 1. The fraction of sp³-hybridized carbons (Fsp3) is 0.400. The van der Waals surface area contributed by atoms with Crippen molar-refractivity contribution in [3.63, 3.8) is 0 Å². The van der Waals surface area contributed by atoms with Crippen molar-refractivity contribution in [1.82, 2.24) is 10.3 Å². The minimum absolute atomic E-state index is 0.299. The Morgan fingerprint density at radius 1 is 1.19 bits per heavy atom. The van der Waals surface area contributed by atoms with Crippen LogP contribution in [0.1, 0.15) is 32.4 Å². The van der Waals surface area contributed by atoms with Crippen molar-refractivity contribution in [2.45, 2.75) is 33.2 Å². The number of benzene rings is 1. The molecule has 1 aromatic carbocycles. The molecule has 0 unspecified atom stereocenters. The number of hydrogen-bond donors (Lipinski definition) is 2. The zero-order valence-electron chi connectivity index (χ0n) is 15.6. The highest BCUT2D eigenvalue weighted by molar-refractivity contribution is 5.89. The van der Waals surface area contributed by atoms with Crippen molar-refractivity contribution in [2.24, 2.45) is 5.92 Å². The van der Waals surface area contributed by atoms with E-state index in [0.29, 0.717) is 36.3 Å². The molecule has 0 aliphatic heterocycles. The fourth-order valence-corrected chi connectivity index (χ4v) is 2.39. The van der Waals surface area contributed by atoms with E-state index in [2.05, 4.69) is 29.5 Å². The number of ether oxygens (including phenoxy) is 2. The molecule has 0 spiro atoms. The van der Waals surface area contributed by atoms with Gasteiger partial charge in [0.05, 0.1) is 26.0 Å². The smallest absolute Gasteiger partial charge is 0.319 e. The van der Waals surface area contributed by atoms with E-state index in [1.54, 1.807) is 31.5 Å². The maximum atomic E-state index is 12.1. The van der Waals surface area contributed by atoms with Crippen LogP contribution in [0.4, 0.5) is 10.5 Å². The van der Waals surface area contributed by atoms with Crippen LogP contribution in [0, 0.1) is 5.92 Å². The van der Waals surface area contributed by atoms with Gasteiger partial charge in [-0.05, 0) is 43.0 Å². The number of carbonyl (C=O) groups is 1. The highest BCUT2D eigenvalue weighted by Crippen LogP contribution is 2.30. The van der Waals surface area contributed by atoms with Crippen LogP contribution in [0.25, 0.3) is 0 Å². The second kappa shape index (κ2) is 10.3. The molecule has 1 aromatic heterocycles. The number of anilines is 1. The Hall–Kier alpha value is -2.76. The molecule has 2 rings (SSSR count). The zero-order chi connectivity index (χ0) is 18.8. The van der Waals surface area contributed by atoms with E-state index in [4.69, 9.17) is 9.47 Å². The molecule has 0 atom stereocenters. The Morgan fingerprint density at radius 2 is 2.04 bits per heavy atom. The largest absolute Gasteiger partial charge is 0.493 e. The summed E-state index contributed by atoms with van der Waals surface area (Å²) in [6, 6.07) is 10.6. The van der Waals surface area contributed by atoms with Gasteiger partial charge in [-0.15, -0.1) is 0 Å². The molecule has 0 saturated carbocycles. The third-order valence-electron chi connectivity index (χ3n) is 3.76. The first-order valence-electron chi connectivity index (χ1n) is 8.84. The number of aromatic nitrogens is 1. The molecule has 0 aliphatic rings. The van der Waals surface area contributed by atoms with Gasteiger partial charge in [-0.3, -0.25) is 4.98 Å². The predicted octanol–water partition coefficient (Wildman–Crippen LogP) is 4.23. The topological polar surface area (TPSA) is 72.5 Å². The molecule has 26 heavy (non-hydrogen) atoms. The van der Waals surface area contributed by atoms with Gasteiger partial charge in [0.25, 0.3) is 0 Å². The zero-order valence-corrected chi connectivity index (χ0v) is 15.6. The van der Waals surface area contributed by atoms with Crippen LogP contribution < -0.4 is 20.1 Å². The number of rotatable bonds is 9. The van der Waals surface area contributed by atoms with E-state index in [-0.39, 0.29) is 6.03 Å². The summed E-state index contributed by atoms with van der Waals surface area (Å²) < 4.78 is 11.2. The molecule has 2 N–H and O–H groups in total. The lowest BCUT2D eigenvalue weighted by molar-refractivity contribution is 0.251. The second-order valence-corrected chi connectivity index (χ2v) is 6.38. The van der Waals surface area contributed by atoms with Crippen LogP contribution in [0.15, 0.2) is 42.6 Å². The normalized spacial score (nSPS) is 10.5. The van der Waals surface area contributed by atoms with Gasteiger partial charge in [-0.1, -0.05) is 19.9 Å². The molecule has 1 heterocycles. The number of pyridine rings is 1. The van der Waals surface area contributed by atoms with Gasteiger partial charge in [-0.2, -0.15) is 0 Å². The minimum atomic E-state index is -0.299. The molecule has 0 fully saturated rings. The van der Waals surface area contributed by atoms with Gasteiger partial charge in [0.1, 0.15) is 0 Å². The number of methoxy groups -OCH3 is 1. The summed E-state index contributed by atoms with van der Waals surface area (Å²) >= 11 is 0. The number of hydrogen-bond acceptors (Lipinski definition) is 4. The first kappa shape index (κ1) is 19.6. The van der Waals surface area contributed by atoms with Crippen molar-refractivity contribution in [3.05, 3.63) is 48.3 Å². The molecular weight excluding hydrogens is 330 g/mol. The molecule has 0 saturated heterocycles. The van der Waals surface area contributed by atoms with Crippen LogP contribution in [0.2, 0.25) is 0 Å². The summed E-state index contributed by atoms with van der Waals surface area (Å²) in [4.78, 5) is 16.2. The molecular formula is C20H27N3O3. The van der Waals surface area contributed by atoms with Crippen molar-refractivity contribution >= 4 is 11.7 Å². The molecule has 140 valence electrons. The summed E-state index contributed by atoms with van der Waals surface area (Å²) in [5.41, 5.74) is 1.44. The fourth-order valence-electron chi connectivity index (χ4n) is 2.39. The van der Waals surface area contributed by atoms with E-state index in [1.807, 2.05) is 18.2 Å². The quantitative estimate of drug-likeness (QED) is 0.659. The van der Waals surface area contributed by atoms with Gasteiger partial charge in [0, 0.05) is 18.0 Å². The van der Waals surface area contributed by atoms with Crippen LogP contribution in [-0.2, 0) is 6.54 Å². The first-order valence-corrected chi connectivity index (χ1v) is 8.84. The SMILES string of the molecule is COc1ccc(NC(=O)NCc2ccccn2)cc1OCCCC(C)C. The lowest BCUT2D eigenvalue weighted by atomic mass is 10.1. The number of amides is 2. The Morgan fingerprint density at radius 3 is 2.73 bits per heavy atom. The maximum Gasteiger partial charge on any atom is 0.319 e. The summed E-state index contributed by atoms with van der Waals surface area (Å²) in [6.45, 7) is 5.36. The molecule has 6 heteroatoms. The predicted molar refractivity (Wildman–Crippen MR) is 103 cm³/mol. The summed E-state index contributed by atoms with van der Waals surface area (Å²) in [5.74, 6) is 1.92. The summed E-state index contributed by atoms with van der Waals surface area (Å²) in [5, 5.41) is 5.57. The van der Waals surface area contributed by atoms with Crippen LogP contribution in [0.3, 0.4) is 0 Å². The van der Waals surface area contributed by atoms with E-state index in [1.165, 1.54) is 0 Å². The Labute approximate surface area is 154 Å².